The van der Waals surface area contributed by atoms with Crippen molar-refractivity contribution in [2.24, 2.45) is 0 Å². The van der Waals surface area contributed by atoms with Gasteiger partial charge in [0.2, 0.25) is 0 Å². The Bertz CT molecular complexity index is 881. The molecule has 0 bridgehead atoms. The molecule has 26 heavy (non-hydrogen) atoms. The highest BCUT2D eigenvalue weighted by molar-refractivity contribution is 7.92. The molecule has 7 nitrogen and oxygen atoms in total. The van der Waals surface area contributed by atoms with Crippen molar-refractivity contribution >= 4 is 33.3 Å². The molecule has 2 aromatic carbocycles. The van der Waals surface area contributed by atoms with Crippen LogP contribution in [-0.4, -0.2) is 33.9 Å². The lowest BCUT2D eigenvalue weighted by Gasteiger charge is -2.19. The van der Waals surface area contributed by atoms with Gasteiger partial charge < -0.3 is 10.1 Å². The Morgan fingerprint density at radius 1 is 1.08 bits per heavy atom. The number of rotatable bonds is 7. The number of nitrogens with one attached hydrogen (secondary N) is 1. The number of hydrogen-bond donors (Lipinski definition) is 1. The summed E-state index contributed by atoms with van der Waals surface area (Å²) in [6.07, 6.45) is 0.173. The van der Waals surface area contributed by atoms with Crippen molar-refractivity contribution in [3.05, 3.63) is 54.6 Å². The van der Waals surface area contributed by atoms with E-state index >= 15 is 0 Å². The van der Waals surface area contributed by atoms with Gasteiger partial charge >= 0.3 is 5.97 Å². The van der Waals surface area contributed by atoms with E-state index in [4.69, 9.17) is 4.74 Å². The van der Waals surface area contributed by atoms with Crippen LogP contribution in [0.25, 0.3) is 0 Å². The van der Waals surface area contributed by atoms with Crippen LogP contribution >= 0.6 is 0 Å². The van der Waals surface area contributed by atoms with Gasteiger partial charge in [-0.2, -0.15) is 0 Å². The van der Waals surface area contributed by atoms with Gasteiger partial charge in [-0.25, -0.2) is 8.42 Å². The van der Waals surface area contributed by atoms with E-state index in [1.54, 1.807) is 43.3 Å². The average molecular weight is 376 g/mol. The second kappa shape index (κ2) is 8.48. The van der Waals surface area contributed by atoms with Crippen LogP contribution in [0.1, 0.15) is 13.3 Å². The van der Waals surface area contributed by atoms with Crippen molar-refractivity contribution in [2.45, 2.75) is 18.2 Å². The predicted octanol–water partition coefficient (Wildman–Crippen LogP) is 2.40. The number of ether oxygens (including phenoxy) is 1. The SMILES string of the molecule is CCC(=O)OCC(=O)Nc1cccc(S(=O)(=O)N(C)c2ccccc2)c1. The molecule has 2 aromatic rings. The summed E-state index contributed by atoms with van der Waals surface area (Å²) in [6.45, 7) is 1.20. The van der Waals surface area contributed by atoms with Crippen LogP contribution in [0.2, 0.25) is 0 Å². The number of anilines is 2. The summed E-state index contributed by atoms with van der Waals surface area (Å²) in [7, 11) is -2.32. The van der Waals surface area contributed by atoms with Crippen molar-refractivity contribution in [3.8, 4) is 0 Å². The maximum absolute atomic E-state index is 12.8. The third-order valence-corrected chi connectivity index (χ3v) is 5.33. The molecule has 0 saturated carbocycles. The Morgan fingerprint density at radius 2 is 1.77 bits per heavy atom. The van der Waals surface area contributed by atoms with E-state index in [0.717, 1.165) is 4.31 Å². The van der Waals surface area contributed by atoms with E-state index in [9.17, 15) is 18.0 Å². The molecule has 1 N–H and O–H groups in total. The molecule has 0 aliphatic rings. The van der Waals surface area contributed by atoms with Crippen molar-refractivity contribution in [1.82, 2.24) is 0 Å². The number of hydrogen-bond acceptors (Lipinski definition) is 5. The van der Waals surface area contributed by atoms with Gasteiger partial charge in [0.15, 0.2) is 6.61 Å². The summed E-state index contributed by atoms with van der Waals surface area (Å²) < 4.78 is 31.4. The summed E-state index contributed by atoms with van der Waals surface area (Å²) in [5.41, 5.74) is 0.818. The Kier molecular flexibility index (Phi) is 6.35. The van der Waals surface area contributed by atoms with E-state index < -0.39 is 28.5 Å². The van der Waals surface area contributed by atoms with Crippen LogP contribution in [0.4, 0.5) is 11.4 Å². The minimum Gasteiger partial charge on any atom is -0.456 e. The highest BCUT2D eigenvalue weighted by atomic mass is 32.2. The lowest BCUT2D eigenvalue weighted by Crippen LogP contribution is -2.26. The van der Waals surface area contributed by atoms with E-state index in [-0.39, 0.29) is 11.3 Å². The first kappa shape index (κ1) is 19.5. The average Bonchev–Trinajstić information content (AvgIpc) is 2.66. The van der Waals surface area contributed by atoms with Gasteiger partial charge in [-0.15, -0.1) is 0 Å². The Labute approximate surface area is 152 Å². The smallest absolute Gasteiger partial charge is 0.306 e. The largest absolute Gasteiger partial charge is 0.456 e. The summed E-state index contributed by atoms with van der Waals surface area (Å²) >= 11 is 0. The molecular weight excluding hydrogens is 356 g/mol. The molecule has 0 heterocycles. The first-order valence-electron chi connectivity index (χ1n) is 7.94. The Hall–Kier alpha value is -2.87. The Balaban J connectivity index is 2.15. The molecule has 0 aliphatic heterocycles. The minimum absolute atomic E-state index is 0.0345. The molecule has 138 valence electrons. The molecule has 0 atom stereocenters. The molecular formula is C18H20N2O5S. The van der Waals surface area contributed by atoms with Crippen molar-refractivity contribution < 1.29 is 22.7 Å². The standard InChI is InChI=1S/C18H20N2O5S/c1-3-18(22)25-13-17(21)19-14-8-7-11-16(12-14)26(23,24)20(2)15-9-5-4-6-10-15/h4-12H,3,13H2,1-2H3,(H,19,21). The number of nitrogens with zero attached hydrogens (tertiary/aromatic N) is 1. The Morgan fingerprint density at radius 3 is 2.42 bits per heavy atom. The lowest BCUT2D eigenvalue weighted by atomic mass is 10.3. The fraction of sp³-hybridized carbons (Fsp3) is 0.222. The molecule has 0 fully saturated rings. The van der Waals surface area contributed by atoms with Crippen LogP contribution in [0.15, 0.2) is 59.5 Å². The second-order valence-corrected chi connectivity index (χ2v) is 7.37. The van der Waals surface area contributed by atoms with E-state index in [1.807, 2.05) is 0 Å². The van der Waals surface area contributed by atoms with Gasteiger partial charge in [-0.05, 0) is 30.3 Å². The molecule has 2 rings (SSSR count). The van der Waals surface area contributed by atoms with Crippen LogP contribution in [0.5, 0.6) is 0 Å². The zero-order valence-corrected chi connectivity index (χ0v) is 15.3. The van der Waals surface area contributed by atoms with Gasteiger partial charge in [0.05, 0.1) is 10.6 Å². The third-order valence-electron chi connectivity index (χ3n) is 3.55. The molecule has 8 heteroatoms. The minimum atomic E-state index is -3.78. The first-order chi connectivity index (χ1) is 12.3. The zero-order chi connectivity index (χ0) is 19.2. The van der Waals surface area contributed by atoms with Crippen molar-refractivity contribution in [3.63, 3.8) is 0 Å². The number of carbonyl (C=O) groups is 2. The van der Waals surface area contributed by atoms with Gasteiger partial charge in [-0.3, -0.25) is 13.9 Å². The first-order valence-corrected chi connectivity index (χ1v) is 9.38. The fourth-order valence-corrected chi connectivity index (χ4v) is 3.36. The molecule has 1 amide bonds. The molecule has 0 saturated heterocycles. The number of carbonyl (C=O) groups excluding carboxylic acids is 2. The highest BCUT2D eigenvalue weighted by Gasteiger charge is 2.21. The number of amides is 1. The van der Waals surface area contributed by atoms with Crippen molar-refractivity contribution in [1.29, 1.82) is 0 Å². The molecule has 0 unspecified atom stereocenters. The van der Waals surface area contributed by atoms with Crippen LogP contribution in [0.3, 0.4) is 0 Å². The third kappa shape index (κ3) is 4.82. The molecule has 0 aromatic heterocycles. The van der Waals surface area contributed by atoms with E-state index in [2.05, 4.69) is 5.32 Å². The highest BCUT2D eigenvalue weighted by Crippen LogP contribution is 2.23. The number of para-hydroxylation sites is 1. The summed E-state index contributed by atoms with van der Waals surface area (Å²) in [5, 5.41) is 2.51. The van der Waals surface area contributed by atoms with Crippen molar-refractivity contribution in [2.75, 3.05) is 23.3 Å². The number of esters is 1. The van der Waals surface area contributed by atoms with Gasteiger partial charge in [0.1, 0.15) is 0 Å². The van der Waals surface area contributed by atoms with Gasteiger partial charge in [-0.1, -0.05) is 31.2 Å². The monoisotopic (exact) mass is 376 g/mol. The maximum atomic E-state index is 12.8. The summed E-state index contributed by atoms with van der Waals surface area (Å²) in [4.78, 5) is 22.9. The fourth-order valence-electron chi connectivity index (χ4n) is 2.11. The molecule has 0 spiro atoms. The number of benzene rings is 2. The van der Waals surface area contributed by atoms with Crippen LogP contribution in [0, 0.1) is 0 Å². The normalized spacial score (nSPS) is 10.8. The maximum Gasteiger partial charge on any atom is 0.306 e. The topological polar surface area (TPSA) is 92.8 Å². The van der Waals surface area contributed by atoms with E-state index in [1.165, 1.54) is 25.2 Å². The zero-order valence-electron chi connectivity index (χ0n) is 14.5. The summed E-state index contributed by atoms with van der Waals surface area (Å²) in [6, 6.07) is 14.5. The van der Waals surface area contributed by atoms with E-state index in [0.29, 0.717) is 11.4 Å². The van der Waals surface area contributed by atoms with Crippen LogP contribution in [-0.2, 0) is 24.3 Å². The lowest BCUT2D eigenvalue weighted by molar-refractivity contribution is -0.146. The predicted molar refractivity (Wildman–Crippen MR) is 98.4 cm³/mol. The van der Waals surface area contributed by atoms with Gasteiger partial charge in [0, 0.05) is 19.2 Å². The summed E-state index contributed by atoms with van der Waals surface area (Å²) in [5.74, 6) is -1.03. The second-order valence-electron chi connectivity index (χ2n) is 5.40. The van der Waals surface area contributed by atoms with Gasteiger partial charge in [0.25, 0.3) is 15.9 Å². The number of sulfonamides is 1. The van der Waals surface area contributed by atoms with Crippen LogP contribution < -0.4 is 9.62 Å². The molecule has 0 aliphatic carbocycles. The quantitative estimate of drug-likeness (QED) is 0.749. The molecule has 0 radical (unpaired) electrons.